The molecule has 0 aliphatic heterocycles. The summed E-state index contributed by atoms with van der Waals surface area (Å²) in [6.07, 6.45) is 0.859. The van der Waals surface area contributed by atoms with E-state index in [0.717, 1.165) is 12.0 Å². The Morgan fingerprint density at radius 1 is 1.20 bits per heavy atom. The summed E-state index contributed by atoms with van der Waals surface area (Å²) in [5.74, 6) is 6.73. The van der Waals surface area contributed by atoms with Gasteiger partial charge in [0.25, 0.3) is 0 Å². The van der Waals surface area contributed by atoms with Gasteiger partial charge < -0.3 is 0 Å². The first kappa shape index (κ1) is 14.2. The van der Waals surface area contributed by atoms with Crippen LogP contribution in [0.2, 0.25) is 0 Å². The highest BCUT2D eigenvalue weighted by Crippen LogP contribution is 2.16. The number of aromatic nitrogens is 3. The molecule has 0 saturated carbocycles. The van der Waals surface area contributed by atoms with Gasteiger partial charge in [0.2, 0.25) is 5.95 Å². The van der Waals surface area contributed by atoms with Gasteiger partial charge in [-0.1, -0.05) is 37.3 Å². The first-order valence-corrected chi connectivity index (χ1v) is 6.73. The summed E-state index contributed by atoms with van der Waals surface area (Å²) in [6.45, 7) is 5.01. The molecule has 2 N–H and O–H groups in total. The van der Waals surface area contributed by atoms with Crippen molar-refractivity contribution in [2.75, 3.05) is 11.6 Å². The summed E-state index contributed by atoms with van der Waals surface area (Å²) in [4.78, 5) is 20.5. The molecule has 6 nitrogen and oxygen atoms in total. The molecule has 0 atom stereocenters. The minimum absolute atomic E-state index is 0.264. The van der Waals surface area contributed by atoms with Crippen molar-refractivity contribution >= 4 is 5.95 Å². The fourth-order valence-electron chi connectivity index (χ4n) is 1.98. The van der Waals surface area contributed by atoms with E-state index in [4.69, 9.17) is 5.84 Å². The molecule has 106 valence electrons. The Morgan fingerprint density at radius 3 is 2.50 bits per heavy atom. The fraction of sp³-hybridized carbons (Fsp3) is 0.357. The maximum atomic E-state index is 12.1. The summed E-state index contributed by atoms with van der Waals surface area (Å²) < 4.78 is 1.54. The Bertz CT molecular complexity index is 623. The SMILES string of the molecule is CCCN(N)c1nc(-c2ccccc2)n(CC)c(=O)n1. The number of hydrazine groups is 1. The monoisotopic (exact) mass is 273 g/mol. The highest BCUT2D eigenvalue weighted by molar-refractivity contribution is 5.56. The van der Waals surface area contributed by atoms with Gasteiger partial charge in [0.15, 0.2) is 0 Å². The standard InChI is InChI=1S/C14H19N5O/c1-3-10-19(15)13-16-12(11-8-6-5-7-9-11)18(4-2)14(20)17-13/h5-9H,3-4,10,15H2,1-2H3. The van der Waals surface area contributed by atoms with Gasteiger partial charge in [0.1, 0.15) is 5.82 Å². The molecule has 1 heterocycles. The van der Waals surface area contributed by atoms with Crippen molar-refractivity contribution < 1.29 is 0 Å². The average molecular weight is 273 g/mol. The van der Waals surface area contributed by atoms with E-state index in [2.05, 4.69) is 9.97 Å². The van der Waals surface area contributed by atoms with Crippen molar-refractivity contribution in [3.05, 3.63) is 40.8 Å². The quantitative estimate of drug-likeness (QED) is 0.658. The van der Waals surface area contributed by atoms with E-state index in [1.807, 2.05) is 44.2 Å². The van der Waals surface area contributed by atoms with Gasteiger partial charge in [-0.05, 0) is 13.3 Å². The fourth-order valence-corrected chi connectivity index (χ4v) is 1.98. The first-order chi connectivity index (χ1) is 9.67. The Balaban J connectivity index is 2.56. The molecule has 0 amide bonds. The van der Waals surface area contributed by atoms with Crippen LogP contribution in [-0.4, -0.2) is 21.1 Å². The van der Waals surface area contributed by atoms with E-state index in [0.29, 0.717) is 18.9 Å². The predicted octanol–water partition coefficient (Wildman–Crippen LogP) is 1.42. The Morgan fingerprint density at radius 2 is 1.90 bits per heavy atom. The molecule has 6 heteroatoms. The number of hydrogen-bond donors (Lipinski definition) is 1. The normalized spacial score (nSPS) is 10.6. The van der Waals surface area contributed by atoms with Crippen molar-refractivity contribution in [3.63, 3.8) is 0 Å². The van der Waals surface area contributed by atoms with Crippen LogP contribution in [-0.2, 0) is 6.54 Å². The average Bonchev–Trinajstić information content (AvgIpc) is 2.47. The minimum atomic E-state index is -0.331. The van der Waals surface area contributed by atoms with Crippen LogP contribution in [0.5, 0.6) is 0 Å². The van der Waals surface area contributed by atoms with Crippen LogP contribution in [0.4, 0.5) is 5.95 Å². The second kappa shape index (κ2) is 6.29. The molecule has 0 aliphatic carbocycles. The molecule has 2 aromatic rings. The smallest absolute Gasteiger partial charge is 0.279 e. The second-order valence-electron chi connectivity index (χ2n) is 4.43. The lowest BCUT2D eigenvalue weighted by Gasteiger charge is -2.17. The molecule has 20 heavy (non-hydrogen) atoms. The molecule has 0 aliphatic rings. The highest BCUT2D eigenvalue weighted by Gasteiger charge is 2.13. The topological polar surface area (TPSA) is 77.0 Å². The summed E-state index contributed by atoms with van der Waals surface area (Å²) in [5, 5.41) is 1.41. The lowest BCUT2D eigenvalue weighted by atomic mass is 10.2. The van der Waals surface area contributed by atoms with Crippen molar-refractivity contribution in [1.82, 2.24) is 14.5 Å². The van der Waals surface area contributed by atoms with Crippen molar-refractivity contribution in [2.24, 2.45) is 5.84 Å². The summed E-state index contributed by atoms with van der Waals surface area (Å²) in [7, 11) is 0. The highest BCUT2D eigenvalue weighted by atomic mass is 16.1. The third-order valence-electron chi connectivity index (χ3n) is 2.96. The molecular weight excluding hydrogens is 254 g/mol. The maximum Gasteiger partial charge on any atom is 0.352 e. The van der Waals surface area contributed by atoms with Crippen LogP contribution in [0.25, 0.3) is 11.4 Å². The predicted molar refractivity (Wildman–Crippen MR) is 79.2 cm³/mol. The van der Waals surface area contributed by atoms with Crippen LogP contribution in [0.15, 0.2) is 35.1 Å². The van der Waals surface area contributed by atoms with Gasteiger partial charge in [-0.2, -0.15) is 9.97 Å². The number of nitrogens with two attached hydrogens (primary N) is 1. The van der Waals surface area contributed by atoms with E-state index in [-0.39, 0.29) is 11.6 Å². The van der Waals surface area contributed by atoms with Gasteiger partial charge >= 0.3 is 5.69 Å². The van der Waals surface area contributed by atoms with Crippen LogP contribution in [0.1, 0.15) is 20.3 Å². The molecule has 2 rings (SSSR count). The third-order valence-corrected chi connectivity index (χ3v) is 2.96. The summed E-state index contributed by atoms with van der Waals surface area (Å²) >= 11 is 0. The molecule has 1 aromatic heterocycles. The molecule has 1 aromatic carbocycles. The maximum absolute atomic E-state index is 12.1. The van der Waals surface area contributed by atoms with E-state index in [9.17, 15) is 4.79 Å². The molecular formula is C14H19N5O. The molecule has 0 radical (unpaired) electrons. The Kier molecular flexibility index (Phi) is 4.47. The zero-order chi connectivity index (χ0) is 14.5. The molecule has 0 bridgehead atoms. The zero-order valence-corrected chi connectivity index (χ0v) is 11.8. The van der Waals surface area contributed by atoms with E-state index in [1.54, 1.807) is 4.57 Å². The number of rotatable bonds is 5. The van der Waals surface area contributed by atoms with E-state index < -0.39 is 0 Å². The van der Waals surface area contributed by atoms with Crippen LogP contribution in [0, 0.1) is 0 Å². The Labute approximate surface area is 117 Å². The Hall–Kier alpha value is -2.21. The van der Waals surface area contributed by atoms with E-state index >= 15 is 0 Å². The number of anilines is 1. The lowest BCUT2D eigenvalue weighted by Crippen LogP contribution is -2.37. The van der Waals surface area contributed by atoms with Gasteiger partial charge in [-0.3, -0.25) is 9.58 Å². The number of benzene rings is 1. The third kappa shape index (κ3) is 2.85. The molecule has 0 fully saturated rings. The lowest BCUT2D eigenvalue weighted by molar-refractivity contribution is 0.669. The summed E-state index contributed by atoms with van der Waals surface area (Å²) in [5.41, 5.74) is 0.544. The van der Waals surface area contributed by atoms with Gasteiger partial charge in [0, 0.05) is 18.7 Å². The van der Waals surface area contributed by atoms with Crippen molar-refractivity contribution in [3.8, 4) is 11.4 Å². The van der Waals surface area contributed by atoms with Crippen LogP contribution in [0.3, 0.4) is 0 Å². The molecule has 0 spiro atoms. The van der Waals surface area contributed by atoms with Crippen molar-refractivity contribution in [1.29, 1.82) is 0 Å². The number of nitrogens with zero attached hydrogens (tertiary/aromatic N) is 4. The van der Waals surface area contributed by atoms with Crippen LogP contribution < -0.4 is 16.5 Å². The second-order valence-corrected chi connectivity index (χ2v) is 4.43. The molecule has 0 saturated heterocycles. The van der Waals surface area contributed by atoms with Gasteiger partial charge in [-0.25, -0.2) is 10.6 Å². The van der Waals surface area contributed by atoms with Gasteiger partial charge in [0.05, 0.1) is 0 Å². The summed E-state index contributed by atoms with van der Waals surface area (Å²) in [6, 6.07) is 9.57. The van der Waals surface area contributed by atoms with Crippen molar-refractivity contribution in [2.45, 2.75) is 26.8 Å². The first-order valence-electron chi connectivity index (χ1n) is 6.73. The number of hydrogen-bond acceptors (Lipinski definition) is 5. The molecule has 0 unspecified atom stereocenters. The minimum Gasteiger partial charge on any atom is -0.279 e. The van der Waals surface area contributed by atoms with E-state index in [1.165, 1.54) is 5.01 Å². The zero-order valence-electron chi connectivity index (χ0n) is 11.8. The van der Waals surface area contributed by atoms with Gasteiger partial charge in [-0.15, -0.1) is 0 Å². The van der Waals surface area contributed by atoms with Crippen LogP contribution >= 0.6 is 0 Å². The largest absolute Gasteiger partial charge is 0.352 e.